The minimum Gasteiger partial charge on any atom is -0.456 e. The van der Waals surface area contributed by atoms with Crippen molar-refractivity contribution in [2.75, 3.05) is 4.90 Å². The highest BCUT2D eigenvalue weighted by atomic mass is 16.5. The molecule has 0 unspecified atom stereocenters. The van der Waals surface area contributed by atoms with Crippen molar-refractivity contribution in [3.05, 3.63) is 237 Å². The van der Waals surface area contributed by atoms with Gasteiger partial charge in [0.2, 0.25) is 0 Å². The van der Waals surface area contributed by atoms with E-state index in [2.05, 4.69) is 241 Å². The summed E-state index contributed by atoms with van der Waals surface area (Å²) in [6.07, 6.45) is 0. The van der Waals surface area contributed by atoms with Crippen LogP contribution in [0.5, 0.6) is 11.5 Å². The maximum atomic E-state index is 6.99. The number of rotatable bonds is 7. The van der Waals surface area contributed by atoms with Crippen molar-refractivity contribution < 1.29 is 4.74 Å². The smallest absolute Gasteiger partial charge is 0.135 e. The van der Waals surface area contributed by atoms with Crippen molar-refractivity contribution in [1.29, 1.82) is 0 Å². The molecule has 2 heteroatoms. The maximum absolute atomic E-state index is 6.99. The van der Waals surface area contributed by atoms with Crippen LogP contribution in [-0.2, 0) is 0 Å². The van der Waals surface area contributed by atoms with E-state index in [1.54, 1.807) is 0 Å². The Bertz CT molecular complexity index is 3040. The van der Waals surface area contributed by atoms with Crippen LogP contribution in [0.4, 0.5) is 17.1 Å². The van der Waals surface area contributed by atoms with E-state index in [1.165, 1.54) is 33.0 Å². The first kappa shape index (κ1) is 35.2. The molecule has 0 atom stereocenters. The van der Waals surface area contributed by atoms with Gasteiger partial charge >= 0.3 is 0 Å². The summed E-state index contributed by atoms with van der Waals surface area (Å²) in [6, 6.07) is 84.7. The Hall–Kier alpha value is -7.94. The topological polar surface area (TPSA) is 12.5 Å². The van der Waals surface area contributed by atoms with E-state index in [9.17, 15) is 0 Å². The molecule has 2 nitrogen and oxygen atoms in total. The molecule has 0 radical (unpaired) electrons. The van der Waals surface area contributed by atoms with Gasteiger partial charge < -0.3 is 9.64 Å². The summed E-state index contributed by atoms with van der Waals surface area (Å²) in [5, 5.41) is 2.40. The molecule has 0 amide bonds. The second kappa shape index (κ2) is 15.1. The highest BCUT2D eigenvalue weighted by Crippen LogP contribution is 2.52. The maximum Gasteiger partial charge on any atom is 0.135 e. The lowest BCUT2D eigenvalue weighted by atomic mass is 9.87. The number of hydrogen-bond acceptors (Lipinski definition) is 2. The third-order valence-corrected chi connectivity index (χ3v) is 11.7. The standard InChI is InChI=1S/C58H39NO/c1-4-13-40(14-5-1)43-23-30-49(31-24-43)59(50-32-25-44(26-33-50)41-15-6-2-7-16-41)51-34-27-45(28-35-51)52-21-12-22-56-58(52)55-38-47-20-11-10-19-46(47)37-54(55)53-36-29-48(39-57(53)60-56)42-17-8-3-9-18-42/h1-39H. The van der Waals surface area contributed by atoms with Crippen LogP contribution in [0.15, 0.2) is 237 Å². The molecule has 60 heavy (non-hydrogen) atoms. The van der Waals surface area contributed by atoms with Gasteiger partial charge in [0.15, 0.2) is 0 Å². The zero-order chi connectivity index (χ0) is 39.8. The van der Waals surface area contributed by atoms with Crippen LogP contribution in [0, 0.1) is 0 Å². The Morgan fingerprint density at radius 1 is 0.250 bits per heavy atom. The van der Waals surface area contributed by atoms with Crippen LogP contribution in [0.25, 0.3) is 77.5 Å². The molecule has 0 bridgehead atoms. The quantitative estimate of drug-likeness (QED) is 0.160. The summed E-state index contributed by atoms with van der Waals surface area (Å²) in [4.78, 5) is 2.34. The third-order valence-electron chi connectivity index (χ3n) is 11.7. The van der Waals surface area contributed by atoms with Gasteiger partial charge in [0.05, 0.1) is 0 Å². The Kier molecular flexibility index (Phi) is 8.87. The lowest BCUT2D eigenvalue weighted by Crippen LogP contribution is -2.09. The van der Waals surface area contributed by atoms with E-state index < -0.39 is 0 Å². The molecule has 1 heterocycles. The summed E-state index contributed by atoms with van der Waals surface area (Å²) in [5.74, 6) is 1.70. The number of nitrogens with zero attached hydrogens (tertiary/aromatic N) is 1. The molecule has 0 fully saturated rings. The van der Waals surface area contributed by atoms with Crippen molar-refractivity contribution >= 4 is 27.8 Å². The van der Waals surface area contributed by atoms with Gasteiger partial charge in [0.25, 0.3) is 0 Å². The van der Waals surface area contributed by atoms with Crippen LogP contribution < -0.4 is 9.64 Å². The van der Waals surface area contributed by atoms with E-state index in [1.807, 2.05) is 0 Å². The summed E-state index contributed by atoms with van der Waals surface area (Å²) < 4.78 is 6.99. The number of hydrogen-bond donors (Lipinski definition) is 0. The largest absolute Gasteiger partial charge is 0.456 e. The second-order valence-electron chi connectivity index (χ2n) is 15.3. The number of ether oxygens (including phenoxy) is 1. The summed E-state index contributed by atoms with van der Waals surface area (Å²) in [6.45, 7) is 0. The fourth-order valence-corrected chi connectivity index (χ4v) is 8.67. The van der Waals surface area contributed by atoms with E-state index in [-0.39, 0.29) is 0 Å². The van der Waals surface area contributed by atoms with Crippen molar-refractivity contribution in [1.82, 2.24) is 0 Å². The predicted molar refractivity (Wildman–Crippen MR) is 251 cm³/mol. The molecule has 0 aromatic heterocycles. The molecule has 0 aliphatic carbocycles. The van der Waals surface area contributed by atoms with Gasteiger partial charge in [0.1, 0.15) is 11.5 Å². The molecule has 0 saturated heterocycles. The minimum absolute atomic E-state index is 0.843. The van der Waals surface area contributed by atoms with Gasteiger partial charge in [0, 0.05) is 28.2 Å². The zero-order valence-electron chi connectivity index (χ0n) is 32.9. The molecular weight excluding hydrogens is 727 g/mol. The average Bonchev–Trinajstić information content (AvgIpc) is 3.46. The monoisotopic (exact) mass is 765 g/mol. The van der Waals surface area contributed by atoms with Crippen molar-refractivity contribution in [3.8, 4) is 78.3 Å². The van der Waals surface area contributed by atoms with E-state index in [0.29, 0.717) is 0 Å². The normalized spacial score (nSPS) is 11.5. The Morgan fingerprint density at radius 2 is 0.683 bits per heavy atom. The van der Waals surface area contributed by atoms with Gasteiger partial charge in [-0.3, -0.25) is 0 Å². The molecule has 0 N–H and O–H groups in total. The van der Waals surface area contributed by atoms with Crippen molar-refractivity contribution in [2.24, 2.45) is 0 Å². The van der Waals surface area contributed by atoms with Gasteiger partial charge in [-0.1, -0.05) is 170 Å². The average molecular weight is 766 g/mol. The second-order valence-corrected chi connectivity index (χ2v) is 15.3. The molecule has 1 aliphatic rings. The molecule has 0 spiro atoms. The Labute approximate surface area is 350 Å². The van der Waals surface area contributed by atoms with Crippen LogP contribution >= 0.6 is 0 Å². The first-order valence-electron chi connectivity index (χ1n) is 20.5. The Morgan fingerprint density at radius 3 is 1.22 bits per heavy atom. The third kappa shape index (κ3) is 6.51. The molecule has 0 saturated carbocycles. The highest BCUT2D eigenvalue weighted by Gasteiger charge is 2.25. The van der Waals surface area contributed by atoms with Gasteiger partial charge in [-0.25, -0.2) is 0 Å². The predicted octanol–water partition coefficient (Wildman–Crippen LogP) is 16.4. The number of benzene rings is 10. The summed E-state index contributed by atoms with van der Waals surface area (Å²) in [7, 11) is 0. The fourth-order valence-electron chi connectivity index (χ4n) is 8.67. The van der Waals surface area contributed by atoms with Gasteiger partial charge in [-0.15, -0.1) is 0 Å². The van der Waals surface area contributed by atoms with Crippen LogP contribution in [0.3, 0.4) is 0 Å². The number of anilines is 3. The summed E-state index contributed by atoms with van der Waals surface area (Å²) in [5.41, 5.74) is 17.1. The molecule has 10 aromatic rings. The van der Waals surface area contributed by atoms with E-state index in [0.717, 1.165) is 73.1 Å². The highest BCUT2D eigenvalue weighted by molar-refractivity contribution is 6.03. The van der Waals surface area contributed by atoms with E-state index in [4.69, 9.17) is 4.74 Å². The first-order chi connectivity index (χ1) is 29.7. The van der Waals surface area contributed by atoms with Crippen LogP contribution in [0.2, 0.25) is 0 Å². The molecule has 10 aromatic carbocycles. The van der Waals surface area contributed by atoms with Crippen LogP contribution in [0.1, 0.15) is 0 Å². The van der Waals surface area contributed by atoms with Gasteiger partial charge in [-0.05, 0) is 133 Å². The fraction of sp³-hybridized carbons (Fsp3) is 0. The number of fused-ring (bicyclic) bond motifs is 6. The lowest BCUT2D eigenvalue weighted by Gasteiger charge is -2.26. The molecule has 11 rings (SSSR count). The minimum atomic E-state index is 0.843. The van der Waals surface area contributed by atoms with Crippen molar-refractivity contribution in [3.63, 3.8) is 0 Å². The first-order valence-corrected chi connectivity index (χ1v) is 20.5. The zero-order valence-corrected chi connectivity index (χ0v) is 32.9. The lowest BCUT2D eigenvalue weighted by molar-refractivity contribution is 0.488. The van der Waals surface area contributed by atoms with E-state index >= 15 is 0 Å². The Balaban J connectivity index is 1.02. The summed E-state index contributed by atoms with van der Waals surface area (Å²) >= 11 is 0. The SMILES string of the molecule is c1ccc(-c2ccc(N(c3ccc(-c4ccccc4)cc3)c3ccc(-c4cccc5c4-c4cc6ccccc6cc4-c4ccc(-c6ccccc6)cc4O5)cc3)cc2)cc1. The van der Waals surface area contributed by atoms with Crippen LogP contribution in [-0.4, -0.2) is 0 Å². The molecule has 282 valence electrons. The van der Waals surface area contributed by atoms with Gasteiger partial charge in [-0.2, -0.15) is 0 Å². The van der Waals surface area contributed by atoms with Crippen molar-refractivity contribution in [2.45, 2.75) is 0 Å². The molecular formula is C58H39NO. The molecule has 1 aliphatic heterocycles.